The van der Waals surface area contributed by atoms with E-state index in [9.17, 15) is 9.59 Å². The van der Waals surface area contributed by atoms with Crippen LogP contribution in [0.4, 0.5) is 0 Å². The Labute approximate surface area is 84.1 Å². The van der Waals surface area contributed by atoms with E-state index < -0.39 is 0 Å². The highest BCUT2D eigenvalue weighted by Gasteiger charge is 2.15. The van der Waals surface area contributed by atoms with Crippen molar-refractivity contribution in [3.05, 3.63) is 0 Å². The minimum atomic E-state index is -0.182. The van der Waals surface area contributed by atoms with E-state index in [1.54, 1.807) is 21.0 Å². The van der Waals surface area contributed by atoms with Crippen molar-refractivity contribution >= 4 is 24.4 Å². The van der Waals surface area contributed by atoms with Crippen molar-refractivity contribution in [2.45, 2.75) is 6.92 Å². The zero-order valence-corrected chi connectivity index (χ0v) is 9.10. The second-order valence-electron chi connectivity index (χ2n) is 2.95. The Morgan fingerprint density at radius 2 is 2.08 bits per heavy atom. The average molecular weight is 204 g/mol. The first kappa shape index (κ1) is 12.3. The third-order valence-electron chi connectivity index (χ3n) is 1.80. The summed E-state index contributed by atoms with van der Waals surface area (Å²) in [5.74, 6) is -0.131. The maximum absolute atomic E-state index is 11.1. The van der Waals surface area contributed by atoms with Crippen LogP contribution in [0.1, 0.15) is 6.92 Å². The highest BCUT2D eigenvalue weighted by Crippen LogP contribution is 1.98. The molecule has 0 aliphatic heterocycles. The number of carbonyl (C=O) groups is 2. The van der Waals surface area contributed by atoms with Crippen molar-refractivity contribution in [3.63, 3.8) is 0 Å². The zero-order valence-electron chi connectivity index (χ0n) is 8.20. The molecule has 0 saturated carbocycles. The topological polar surface area (TPSA) is 49.4 Å². The SMILES string of the molecule is CNC(=O)C(C)CN(C)C(=O)CS. The number of nitrogens with one attached hydrogen (secondary N) is 1. The van der Waals surface area contributed by atoms with Gasteiger partial charge in [-0.15, -0.1) is 0 Å². The lowest BCUT2D eigenvalue weighted by atomic mass is 10.1. The van der Waals surface area contributed by atoms with Crippen molar-refractivity contribution in [3.8, 4) is 0 Å². The number of thiol groups is 1. The van der Waals surface area contributed by atoms with E-state index in [0.29, 0.717) is 6.54 Å². The second kappa shape index (κ2) is 5.85. The number of amides is 2. The summed E-state index contributed by atoms with van der Waals surface area (Å²) in [6.45, 7) is 2.21. The van der Waals surface area contributed by atoms with Crippen LogP contribution in [-0.2, 0) is 9.59 Å². The molecule has 1 N–H and O–H groups in total. The van der Waals surface area contributed by atoms with Gasteiger partial charge in [0, 0.05) is 20.6 Å². The molecule has 0 heterocycles. The van der Waals surface area contributed by atoms with Crippen LogP contribution in [0.5, 0.6) is 0 Å². The molecular formula is C8H16N2O2S. The highest BCUT2D eigenvalue weighted by atomic mass is 32.1. The summed E-state index contributed by atoms with van der Waals surface area (Å²) in [5, 5.41) is 2.53. The van der Waals surface area contributed by atoms with Crippen molar-refractivity contribution in [2.75, 3.05) is 26.4 Å². The smallest absolute Gasteiger partial charge is 0.232 e. The molecule has 0 saturated heterocycles. The maximum Gasteiger partial charge on any atom is 0.232 e. The summed E-state index contributed by atoms with van der Waals surface area (Å²) in [4.78, 5) is 23.7. The normalized spacial score (nSPS) is 12.0. The summed E-state index contributed by atoms with van der Waals surface area (Å²) in [5.41, 5.74) is 0. The molecule has 1 atom stereocenters. The van der Waals surface area contributed by atoms with Gasteiger partial charge in [0.25, 0.3) is 0 Å². The van der Waals surface area contributed by atoms with Gasteiger partial charge < -0.3 is 10.2 Å². The van der Waals surface area contributed by atoms with E-state index in [1.165, 1.54) is 4.90 Å². The minimum absolute atomic E-state index is 0.0567. The molecule has 0 spiro atoms. The van der Waals surface area contributed by atoms with Gasteiger partial charge in [0.1, 0.15) is 0 Å². The lowest BCUT2D eigenvalue weighted by Gasteiger charge is -2.19. The van der Waals surface area contributed by atoms with Crippen LogP contribution in [-0.4, -0.2) is 43.1 Å². The molecule has 0 aliphatic carbocycles. The van der Waals surface area contributed by atoms with E-state index in [1.807, 2.05) is 0 Å². The fraction of sp³-hybridized carbons (Fsp3) is 0.750. The van der Waals surface area contributed by atoms with E-state index >= 15 is 0 Å². The minimum Gasteiger partial charge on any atom is -0.359 e. The predicted molar refractivity (Wildman–Crippen MR) is 54.7 cm³/mol. The molecule has 0 rings (SSSR count). The van der Waals surface area contributed by atoms with Gasteiger partial charge in [0.15, 0.2) is 0 Å². The summed E-state index contributed by atoms with van der Waals surface area (Å²) in [7, 11) is 3.25. The van der Waals surface area contributed by atoms with Gasteiger partial charge in [0.2, 0.25) is 11.8 Å². The lowest BCUT2D eigenvalue weighted by Crippen LogP contribution is -2.37. The Morgan fingerprint density at radius 3 is 2.46 bits per heavy atom. The van der Waals surface area contributed by atoms with E-state index in [2.05, 4.69) is 17.9 Å². The Kier molecular flexibility index (Phi) is 5.53. The van der Waals surface area contributed by atoms with Crippen molar-refractivity contribution in [1.29, 1.82) is 0 Å². The third-order valence-corrected chi connectivity index (χ3v) is 2.07. The van der Waals surface area contributed by atoms with Crippen molar-refractivity contribution in [1.82, 2.24) is 10.2 Å². The molecule has 0 radical (unpaired) electrons. The Balaban J connectivity index is 3.98. The fourth-order valence-corrected chi connectivity index (χ4v) is 1.20. The number of carbonyl (C=O) groups excluding carboxylic acids is 2. The first-order chi connectivity index (χ1) is 6.02. The molecule has 76 valence electrons. The largest absolute Gasteiger partial charge is 0.359 e. The van der Waals surface area contributed by atoms with Gasteiger partial charge in [-0.25, -0.2) is 0 Å². The summed E-state index contributed by atoms with van der Waals surface area (Å²) in [6.07, 6.45) is 0. The summed E-state index contributed by atoms with van der Waals surface area (Å²) in [6, 6.07) is 0. The molecule has 5 heteroatoms. The predicted octanol–water partition coefficient (Wildman–Crippen LogP) is -0.243. The first-order valence-electron chi connectivity index (χ1n) is 4.09. The molecular weight excluding hydrogens is 188 g/mol. The summed E-state index contributed by atoms with van der Waals surface area (Å²) >= 11 is 3.86. The number of hydrogen-bond acceptors (Lipinski definition) is 3. The molecule has 0 aromatic rings. The molecule has 1 unspecified atom stereocenters. The Bertz CT molecular complexity index is 177. The van der Waals surface area contributed by atoms with Crippen LogP contribution in [0.15, 0.2) is 0 Å². The average Bonchev–Trinajstić information content (AvgIpc) is 2.14. The van der Waals surface area contributed by atoms with Crippen molar-refractivity contribution in [2.24, 2.45) is 5.92 Å². The first-order valence-corrected chi connectivity index (χ1v) is 4.72. The molecule has 0 aromatic heterocycles. The van der Waals surface area contributed by atoms with Crippen LogP contribution in [0.2, 0.25) is 0 Å². The van der Waals surface area contributed by atoms with Crippen LogP contribution in [0, 0.1) is 5.92 Å². The molecule has 0 aliphatic rings. The van der Waals surface area contributed by atoms with Gasteiger partial charge in [0.05, 0.1) is 11.7 Å². The van der Waals surface area contributed by atoms with Gasteiger partial charge >= 0.3 is 0 Å². The quantitative estimate of drug-likeness (QED) is 0.621. The van der Waals surface area contributed by atoms with Crippen LogP contribution >= 0.6 is 12.6 Å². The molecule has 2 amide bonds. The fourth-order valence-electron chi connectivity index (χ4n) is 0.963. The highest BCUT2D eigenvalue weighted by molar-refractivity contribution is 7.81. The number of nitrogens with zero attached hydrogens (tertiary/aromatic N) is 1. The van der Waals surface area contributed by atoms with Crippen LogP contribution in [0.3, 0.4) is 0 Å². The van der Waals surface area contributed by atoms with Crippen molar-refractivity contribution < 1.29 is 9.59 Å². The third kappa shape index (κ3) is 4.17. The number of hydrogen-bond donors (Lipinski definition) is 2. The zero-order chi connectivity index (χ0) is 10.4. The van der Waals surface area contributed by atoms with Gasteiger partial charge in [-0.2, -0.15) is 12.6 Å². The monoisotopic (exact) mass is 204 g/mol. The van der Waals surface area contributed by atoms with Crippen LogP contribution in [0.25, 0.3) is 0 Å². The standard InChI is InChI=1S/C8H16N2O2S/c1-6(8(12)9-2)4-10(3)7(11)5-13/h6,13H,4-5H2,1-3H3,(H,9,12). The van der Waals surface area contributed by atoms with E-state index in [4.69, 9.17) is 0 Å². The Morgan fingerprint density at radius 1 is 1.54 bits per heavy atom. The van der Waals surface area contributed by atoms with E-state index in [0.717, 1.165) is 0 Å². The maximum atomic E-state index is 11.1. The van der Waals surface area contributed by atoms with Gasteiger partial charge in [-0.05, 0) is 0 Å². The lowest BCUT2D eigenvalue weighted by molar-refractivity contribution is -0.129. The van der Waals surface area contributed by atoms with Gasteiger partial charge in [-0.3, -0.25) is 9.59 Å². The molecule has 13 heavy (non-hydrogen) atoms. The second-order valence-corrected chi connectivity index (χ2v) is 3.26. The van der Waals surface area contributed by atoms with E-state index in [-0.39, 0.29) is 23.5 Å². The Hall–Kier alpha value is -0.710. The summed E-state index contributed by atoms with van der Waals surface area (Å²) < 4.78 is 0. The molecule has 0 fully saturated rings. The van der Waals surface area contributed by atoms with Gasteiger partial charge in [-0.1, -0.05) is 6.92 Å². The number of rotatable bonds is 4. The molecule has 0 bridgehead atoms. The molecule has 4 nitrogen and oxygen atoms in total. The van der Waals surface area contributed by atoms with Crippen LogP contribution < -0.4 is 5.32 Å². The molecule has 0 aromatic carbocycles.